The molecule has 0 saturated heterocycles. The van der Waals surface area contributed by atoms with Gasteiger partial charge in [-0.1, -0.05) is 11.3 Å². The number of aromatic nitrogens is 2. The number of benzene rings is 1. The van der Waals surface area contributed by atoms with Gasteiger partial charge < -0.3 is 14.4 Å². The van der Waals surface area contributed by atoms with Crippen LogP contribution in [0.3, 0.4) is 0 Å². The van der Waals surface area contributed by atoms with Crippen molar-refractivity contribution < 1.29 is 23.9 Å². The zero-order valence-corrected chi connectivity index (χ0v) is 21.9. The Kier molecular flexibility index (Phi) is 9.81. The highest BCUT2D eigenvalue weighted by molar-refractivity contribution is 7.82. The number of hydrogen-bond donors (Lipinski definition) is 2. The molecule has 1 aromatic carbocycles. The fourth-order valence-electron chi connectivity index (χ4n) is 3.02. The molecule has 3 aromatic rings. The minimum Gasteiger partial charge on any atom is -0.478 e. The Bertz CT molecular complexity index is 1180. The van der Waals surface area contributed by atoms with E-state index in [-0.39, 0.29) is 5.71 Å². The van der Waals surface area contributed by atoms with Crippen molar-refractivity contribution in [2.45, 2.75) is 11.3 Å². The molecule has 0 spiro atoms. The van der Waals surface area contributed by atoms with Crippen LogP contribution < -0.4 is 15.5 Å². The quantitative estimate of drug-likeness (QED) is 0.253. The van der Waals surface area contributed by atoms with E-state index in [0.29, 0.717) is 51.6 Å². The molecule has 12 heteroatoms. The maximum atomic E-state index is 12.7. The molecular weight excluding hydrogens is 488 g/mol. The third kappa shape index (κ3) is 7.61. The maximum Gasteiger partial charge on any atom is 0.322 e. The minimum atomic E-state index is -1.33. The minimum absolute atomic E-state index is 0.0344. The summed E-state index contributed by atoms with van der Waals surface area (Å²) in [5, 5.41) is 9.21. The van der Waals surface area contributed by atoms with Gasteiger partial charge in [0.25, 0.3) is 5.71 Å². The molecule has 1 amide bonds. The smallest absolute Gasteiger partial charge is 0.322 e. The van der Waals surface area contributed by atoms with E-state index in [1.165, 1.54) is 11.3 Å². The number of nitrogens with one attached hydrogen (secondary N) is 1. The summed E-state index contributed by atoms with van der Waals surface area (Å²) in [7, 11) is 6.05. The van der Waals surface area contributed by atoms with Crippen molar-refractivity contribution in [3.63, 3.8) is 0 Å². The number of rotatable bonds is 13. The topological polar surface area (TPSA) is 122 Å². The lowest BCUT2D eigenvalue weighted by molar-refractivity contribution is -0.132. The molecular formula is C23H31N6O4S2+. The Morgan fingerprint density at radius 1 is 1.09 bits per heavy atom. The van der Waals surface area contributed by atoms with Crippen molar-refractivity contribution in [2.24, 2.45) is 0 Å². The van der Waals surface area contributed by atoms with E-state index in [0.717, 1.165) is 13.0 Å². The lowest BCUT2D eigenvalue weighted by Gasteiger charge is -2.15. The summed E-state index contributed by atoms with van der Waals surface area (Å²) >= 11 is 1.25. The molecule has 0 aliphatic heterocycles. The number of carbonyl (C=O) groups is 1. The highest BCUT2D eigenvalue weighted by Crippen LogP contribution is 2.26. The Labute approximate surface area is 211 Å². The van der Waals surface area contributed by atoms with E-state index in [9.17, 15) is 9.00 Å². The van der Waals surface area contributed by atoms with Crippen LogP contribution in [-0.2, 0) is 20.5 Å². The predicted molar refractivity (Wildman–Crippen MR) is 138 cm³/mol. The van der Waals surface area contributed by atoms with Gasteiger partial charge in [0.2, 0.25) is 5.88 Å². The first-order valence-electron chi connectivity index (χ1n) is 11.0. The first-order valence-corrected chi connectivity index (χ1v) is 12.9. The number of pyridine rings is 1. The summed E-state index contributed by atoms with van der Waals surface area (Å²) in [6.07, 6.45) is 0.896. The normalized spacial score (nSPS) is 12.3. The molecule has 2 aromatic heterocycles. The first-order chi connectivity index (χ1) is 16.8. The van der Waals surface area contributed by atoms with Crippen molar-refractivity contribution in [3.8, 4) is 5.88 Å². The second-order valence-electron chi connectivity index (χ2n) is 7.98. The molecule has 3 rings (SSSR count). The van der Waals surface area contributed by atoms with Crippen LogP contribution in [0.25, 0.3) is 10.3 Å². The molecule has 10 nitrogen and oxygen atoms in total. The third-order valence-corrected chi connectivity index (χ3v) is 7.26. The van der Waals surface area contributed by atoms with Crippen LogP contribution in [0.15, 0.2) is 41.3 Å². The number of nitrogens with zero attached hydrogens (tertiary/aromatic N) is 4. The number of anilines is 1. The number of nitrogens with two attached hydrogens (primary N) is 1. The lowest BCUT2D eigenvalue weighted by atomic mass is 10.1. The molecule has 0 radical (unpaired) electrons. The molecule has 0 aliphatic carbocycles. The number of amides is 1. The number of hydrogen-bond acceptors (Lipinski definition) is 8. The monoisotopic (exact) mass is 519 g/mol. The van der Waals surface area contributed by atoms with Gasteiger partial charge in [-0.3, -0.25) is 10.1 Å². The molecule has 2 heterocycles. The molecule has 1 atom stereocenters. The molecule has 3 N–H and O–H groups in total. The summed E-state index contributed by atoms with van der Waals surface area (Å²) < 4.78 is 25.0. The number of fused-ring (bicyclic) bond motifs is 1. The number of thiazole rings is 1. The number of ether oxygens (including phenoxy) is 2. The summed E-state index contributed by atoms with van der Waals surface area (Å²) in [5.41, 5.74) is 1.22. The van der Waals surface area contributed by atoms with Gasteiger partial charge in [0, 0.05) is 33.3 Å². The highest BCUT2D eigenvalue weighted by Gasteiger charge is 2.21. The Balaban J connectivity index is 1.60. The van der Waals surface area contributed by atoms with E-state index >= 15 is 0 Å². The SMILES string of the molecule is COCCN(C)S(=O)c1ccc(C(=[NH2+])C(=O)Nc2nc3ccc(OCCCN(C)C)nc3s2)cc1. The van der Waals surface area contributed by atoms with Crippen LogP contribution in [-0.4, -0.2) is 89.6 Å². The summed E-state index contributed by atoms with van der Waals surface area (Å²) in [6.45, 7) is 2.51. The van der Waals surface area contributed by atoms with Crippen LogP contribution in [0.5, 0.6) is 5.88 Å². The van der Waals surface area contributed by atoms with E-state index in [2.05, 4.69) is 20.2 Å². The van der Waals surface area contributed by atoms with Crippen molar-refractivity contribution in [1.29, 1.82) is 0 Å². The predicted octanol–water partition coefficient (Wildman–Crippen LogP) is 0.810. The van der Waals surface area contributed by atoms with Crippen molar-refractivity contribution in [3.05, 3.63) is 42.0 Å². The maximum absolute atomic E-state index is 12.7. The average Bonchev–Trinajstić information content (AvgIpc) is 3.25. The van der Waals surface area contributed by atoms with Crippen LogP contribution >= 0.6 is 11.3 Å². The van der Waals surface area contributed by atoms with Gasteiger partial charge in [0.15, 0.2) is 5.13 Å². The van der Waals surface area contributed by atoms with Crippen molar-refractivity contribution in [1.82, 2.24) is 19.2 Å². The Morgan fingerprint density at radius 2 is 1.83 bits per heavy atom. The lowest BCUT2D eigenvalue weighted by Crippen LogP contribution is -2.47. The van der Waals surface area contributed by atoms with Gasteiger partial charge in [0.05, 0.1) is 23.7 Å². The highest BCUT2D eigenvalue weighted by atomic mass is 32.2. The van der Waals surface area contributed by atoms with Crippen LogP contribution in [0, 0.1) is 0 Å². The molecule has 35 heavy (non-hydrogen) atoms. The second kappa shape index (κ2) is 12.8. The zero-order chi connectivity index (χ0) is 25.4. The number of likely N-dealkylation sites (N-methyl/N-ethyl adjacent to an activating group) is 1. The van der Waals surface area contributed by atoms with Crippen LogP contribution in [0.1, 0.15) is 12.0 Å². The van der Waals surface area contributed by atoms with Gasteiger partial charge in [-0.15, -0.1) is 0 Å². The molecule has 0 saturated carbocycles. The largest absolute Gasteiger partial charge is 0.478 e. The molecule has 0 bridgehead atoms. The Morgan fingerprint density at radius 3 is 2.51 bits per heavy atom. The fourth-order valence-corrected chi connectivity index (χ4v) is 4.81. The van der Waals surface area contributed by atoms with Crippen molar-refractivity contribution >= 4 is 49.4 Å². The summed E-state index contributed by atoms with van der Waals surface area (Å²) in [5.74, 6) is 0.0458. The van der Waals surface area contributed by atoms with Crippen molar-refractivity contribution in [2.75, 3.05) is 59.9 Å². The molecule has 1 unspecified atom stereocenters. The summed E-state index contributed by atoms with van der Waals surface area (Å²) in [6, 6.07) is 10.3. The van der Waals surface area contributed by atoms with E-state index in [1.807, 2.05) is 20.2 Å². The van der Waals surface area contributed by atoms with E-state index < -0.39 is 16.9 Å². The molecule has 0 aliphatic rings. The van der Waals surface area contributed by atoms with Gasteiger partial charge in [-0.05, 0) is 50.8 Å². The molecule has 0 fully saturated rings. The first kappa shape index (κ1) is 26.8. The number of methoxy groups -OCH3 is 1. The van der Waals surface area contributed by atoms with Gasteiger partial charge in [0.1, 0.15) is 21.3 Å². The van der Waals surface area contributed by atoms with E-state index in [1.54, 1.807) is 48.8 Å². The van der Waals surface area contributed by atoms with Gasteiger partial charge in [-0.2, -0.15) is 0 Å². The summed E-state index contributed by atoms with van der Waals surface area (Å²) in [4.78, 5) is 24.9. The number of carbonyl (C=O) groups excluding carboxylic acids is 1. The Hall–Kier alpha value is -2.77. The fraction of sp³-hybridized carbons (Fsp3) is 0.391. The van der Waals surface area contributed by atoms with Gasteiger partial charge >= 0.3 is 5.91 Å². The third-order valence-electron chi connectivity index (χ3n) is 4.96. The second-order valence-corrected chi connectivity index (χ2v) is 10.6. The van der Waals surface area contributed by atoms with Crippen LogP contribution in [0.4, 0.5) is 5.13 Å². The van der Waals surface area contributed by atoms with E-state index in [4.69, 9.17) is 14.9 Å². The molecule has 188 valence electrons. The standard InChI is InChI=1S/C23H30N6O4S2/c1-28(2)12-5-14-33-19-11-10-18-22(26-19)34-23(25-18)27-21(30)20(24)16-6-8-17(9-7-16)35(31)29(3)13-15-32-4/h6-11,24H,5,12-15H2,1-4H3,(H,25,27,30)/p+1. The van der Waals surface area contributed by atoms with Gasteiger partial charge in [-0.25, -0.2) is 23.9 Å². The zero-order valence-electron chi connectivity index (χ0n) is 20.3. The average molecular weight is 520 g/mol. The van der Waals surface area contributed by atoms with Crippen LogP contribution in [0.2, 0.25) is 0 Å².